The first-order valence-corrected chi connectivity index (χ1v) is 9.73. The van der Waals surface area contributed by atoms with Gasteiger partial charge in [-0.25, -0.2) is 9.97 Å². The molecule has 0 aliphatic heterocycles. The van der Waals surface area contributed by atoms with E-state index in [-0.39, 0.29) is 12.5 Å². The summed E-state index contributed by atoms with van der Waals surface area (Å²) in [4.78, 5) is 8.94. The average Bonchev–Trinajstić information content (AvgIpc) is 3.15. The van der Waals surface area contributed by atoms with E-state index in [9.17, 15) is 5.11 Å². The molecule has 0 saturated carbocycles. The fraction of sp³-hybridized carbons (Fsp3) is 0.250. The first kappa shape index (κ1) is 18.4. The third-order valence-corrected chi connectivity index (χ3v) is 5.11. The summed E-state index contributed by atoms with van der Waals surface area (Å²) < 4.78 is 6.24. The van der Waals surface area contributed by atoms with Crippen LogP contribution in [0.3, 0.4) is 0 Å². The van der Waals surface area contributed by atoms with Gasteiger partial charge in [0.25, 0.3) is 0 Å². The van der Waals surface area contributed by atoms with Gasteiger partial charge in [0.2, 0.25) is 5.71 Å². The summed E-state index contributed by atoms with van der Waals surface area (Å²) in [6.45, 7) is 4.29. The molecule has 1 N–H and O–H groups in total. The van der Waals surface area contributed by atoms with Gasteiger partial charge >= 0.3 is 0 Å². The molecule has 4 aromatic rings. The molecule has 4 nitrogen and oxygen atoms in total. The predicted octanol–water partition coefficient (Wildman–Crippen LogP) is 5.29. The lowest BCUT2D eigenvalue weighted by Gasteiger charge is -2.10. The zero-order chi connectivity index (χ0) is 19.5. The largest absolute Gasteiger partial charge is 0.437 e. The number of hydrogen-bond donors (Lipinski definition) is 1. The summed E-state index contributed by atoms with van der Waals surface area (Å²) in [5.74, 6) is 0.918. The van der Waals surface area contributed by atoms with E-state index in [1.54, 1.807) is 6.33 Å². The molecule has 0 unspecified atom stereocenters. The van der Waals surface area contributed by atoms with Crippen molar-refractivity contribution in [2.75, 3.05) is 6.61 Å². The van der Waals surface area contributed by atoms with Crippen molar-refractivity contribution in [3.05, 3.63) is 72.2 Å². The van der Waals surface area contributed by atoms with Crippen molar-refractivity contribution in [2.24, 2.45) is 5.92 Å². The summed E-state index contributed by atoms with van der Waals surface area (Å²) in [7, 11) is 0. The molecule has 0 amide bonds. The van der Waals surface area contributed by atoms with Gasteiger partial charge in [0, 0.05) is 17.7 Å². The van der Waals surface area contributed by atoms with Gasteiger partial charge in [0.05, 0.1) is 11.1 Å². The lowest BCUT2D eigenvalue weighted by Crippen LogP contribution is -2.06. The van der Waals surface area contributed by atoms with E-state index in [0.717, 1.165) is 40.0 Å². The second-order valence-corrected chi connectivity index (χ2v) is 7.22. The Bertz CT molecular complexity index is 1070. The Kier molecular flexibility index (Phi) is 5.22. The maximum absolute atomic E-state index is 9.53. The molecule has 0 aliphatic rings. The molecule has 0 aliphatic carbocycles. The Labute approximate surface area is 164 Å². The highest BCUT2D eigenvalue weighted by Crippen LogP contribution is 2.41. The zero-order valence-corrected chi connectivity index (χ0v) is 16.2. The normalized spacial score (nSPS) is 12.4. The summed E-state index contributed by atoms with van der Waals surface area (Å²) in [6.07, 6.45) is 3.22. The molecule has 28 heavy (non-hydrogen) atoms. The molecule has 2 aromatic carbocycles. The summed E-state index contributed by atoms with van der Waals surface area (Å²) in [5.41, 5.74) is 5.90. The summed E-state index contributed by atoms with van der Waals surface area (Å²) >= 11 is 0. The van der Waals surface area contributed by atoms with E-state index >= 15 is 0 Å². The van der Waals surface area contributed by atoms with Crippen LogP contribution in [-0.2, 0) is 12.8 Å². The van der Waals surface area contributed by atoms with Gasteiger partial charge in [-0.05, 0) is 29.9 Å². The molecule has 0 bridgehead atoms. The number of hydrogen-bond acceptors (Lipinski definition) is 4. The van der Waals surface area contributed by atoms with E-state index in [1.807, 2.05) is 37.3 Å². The molecule has 0 saturated heterocycles. The van der Waals surface area contributed by atoms with Gasteiger partial charge in [-0.1, -0.05) is 68.4 Å². The standard InChI is InChI=1S/C24H24N2O2/c1-3-17-9-11-18(12-10-17)21-22-20(13-16(2)14-27)25-15-26-24(22)28-23(21)19-7-5-4-6-8-19/h4-12,15-16,27H,3,13-14H2,1-2H3/t16-/m0/s1. The van der Waals surface area contributed by atoms with Crippen LogP contribution in [0.5, 0.6) is 0 Å². The number of fused-ring (bicyclic) bond motifs is 1. The van der Waals surface area contributed by atoms with Crippen LogP contribution in [0.25, 0.3) is 33.6 Å². The fourth-order valence-corrected chi connectivity index (χ4v) is 3.52. The average molecular weight is 372 g/mol. The number of nitrogens with zero attached hydrogens (tertiary/aromatic N) is 2. The Hall–Kier alpha value is -2.98. The number of furan rings is 1. The lowest BCUT2D eigenvalue weighted by molar-refractivity contribution is 0.236. The van der Waals surface area contributed by atoms with Crippen LogP contribution in [0.1, 0.15) is 25.1 Å². The Morgan fingerprint density at radius 3 is 2.39 bits per heavy atom. The number of rotatable bonds is 6. The number of aliphatic hydroxyl groups is 1. The minimum atomic E-state index is 0.114. The topological polar surface area (TPSA) is 59.2 Å². The molecular weight excluding hydrogens is 348 g/mol. The SMILES string of the molecule is CCc1ccc(-c2c(-c3ccccc3)oc3ncnc(C[C@H](C)CO)c23)cc1. The Morgan fingerprint density at radius 2 is 1.71 bits per heavy atom. The molecule has 0 radical (unpaired) electrons. The van der Waals surface area contributed by atoms with E-state index < -0.39 is 0 Å². The predicted molar refractivity (Wildman–Crippen MR) is 112 cm³/mol. The van der Waals surface area contributed by atoms with Crippen LogP contribution in [0, 0.1) is 5.92 Å². The van der Waals surface area contributed by atoms with Gasteiger partial charge < -0.3 is 9.52 Å². The van der Waals surface area contributed by atoms with Gasteiger partial charge in [-0.3, -0.25) is 0 Å². The first-order valence-electron chi connectivity index (χ1n) is 9.73. The number of aryl methyl sites for hydroxylation is 1. The number of aromatic nitrogens is 2. The molecule has 4 rings (SSSR count). The minimum absolute atomic E-state index is 0.114. The minimum Gasteiger partial charge on any atom is -0.437 e. The Morgan fingerprint density at radius 1 is 0.964 bits per heavy atom. The summed E-state index contributed by atoms with van der Waals surface area (Å²) in [6, 6.07) is 18.7. The summed E-state index contributed by atoms with van der Waals surface area (Å²) in [5, 5.41) is 10.5. The van der Waals surface area contributed by atoms with Gasteiger partial charge in [0.1, 0.15) is 12.1 Å². The smallest absolute Gasteiger partial charge is 0.230 e. The quantitative estimate of drug-likeness (QED) is 0.499. The monoisotopic (exact) mass is 372 g/mol. The second kappa shape index (κ2) is 7.95. The third-order valence-electron chi connectivity index (χ3n) is 5.11. The Balaban J connectivity index is 1.99. The highest BCUT2D eigenvalue weighted by atomic mass is 16.3. The molecule has 2 heterocycles. The fourth-order valence-electron chi connectivity index (χ4n) is 3.52. The van der Waals surface area contributed by atoms with Crippen LogP contribution in [0.4, 0.5) is 0 Å². The van der Waals surface area contributed by atoms with Gasteiger partial charge in [-0.2, -0.15) is 0 Å². The molecule has 0 fully saturated rings. The van der Waals surface area contributed by atoms with Gasteiger partial charge in [-0.15, -0.1) is 0 Å². The van der Waals surface area contributed by atoms with Gasteiger partial charge in [0.15, 0.2) is 0 Å². The third kappa shape index (κ3) is 3.43. The van der Waals surface area contributed by atoms with Crippen LogP contribution < -0.4 is 0 Å². The maximum atomic E-state index is 9.53. The molecular formula is C24H24N2O2. The van der Waals surface area contributed by atoms with Crippen molar-refractivity contribution in [2.45, 2.75) is 26.7 Å². The van der Waals surface area contributed by atoms with Crippen LogP contribution in [0.15, 0.2) is 65.3 Å². The van der Waals surface area contributed by atoms with E-state index in [0.29, 0.717) is 12.1 Å². The van der Waals surface area contributed by atoms with Crippen LogP contribution in [0.2, 0.25) is 0 Å². The van der Waals surface area contributed by atoms with Crippen LogP contribution in [-0.4, -0.2) is 21.7 Å². The van der Waals surface area contributed by atoms with Crippen molar-refractivity contribution in [3.8, 4) is 22.5 Å². The number of aliphatic hydroxyl groups excluding tert-OH is 1. The van der Waals surface area contributed by atoms with Crippen molar-refractivity contribution < 1.29 is 9.52 Å². The molecule has 2 aromatic heterocycles. The van der Waals surface area contributed by atoms with E-state index in [2.05, 4.69) is 41.2 Å². The molecule has 142 valence electrons. The first-order chi connectivity index (χ1) is 13.7. The lowest BCUT2D eigenvalue weighted by atomic mass is 9.95. The molecule has 0 spiro atoms. The zero-order valence-electron chi connectivity index (χ0n) is 16.2. The maximum Gasteiger partial charge on any atom is 0.230 e. The molecule has 4 heteroatoms. The van der Waals surface area contributed by atoms with Crippen molar-refractivity contribution in [3.63, 3.8) is 0 Å². The van der Waals surface area contributed by atoms with Crippen LogP contribution >= 0.6 is 0 Å². The molecule has 1 atom stereocenters. The number of benzene rings is 2. The van der Waals surface area contributed by atoms with Crippen molar-refractivity contribution >= 4 is 11.1 Å². The highest BCUT2D eigenvalue weighted by Gasteiger charge is 2.22. The van der Waals surface area contributed by atoms with Crippen molar-refractivity contribution in [1.29, 1.82) is 0 Å². The van der Waals surface area contributed by atoms with Crippen molar-refractivity contribution in [1.82, 2.24) is 9.97 Å². The highest BCUT2D eigenvalue weighted by molar-refractivity contribution is 6.01. The second-order valence-electron chi connectivity index (χ2n) is 7.22. The van der Waals surface area contributed by atoms with E-state index in [1.165, 1.54) is 5.56 Å². The van der Waals surface area contributed by atoms with E-state index in [4.69, 9.17) is 4.42 Å².